The van der Waals surface area contributed by atoms with Crippen molar-refractivity contribution in [1.82, 2.24) is 0 Å². The number of alkyl halides is 3. The van der Waals surface area contributed by atoms with Gasteiger partial charge < -0.3 is 4.74 Å². The van der Waals surface area contributed by atoms with Gasteiger partial charge in [0.1, 0.15) is 5.38 Å². The highest BCUT2D eigenvalue weighted by molar-refractivity contribution is 6.21. The number of halogens is 3. The van der Waals surface area contributed by atoms with Crippen molar-refractivity contribution in [3.8, 4) is 0 Å². The monoisotopic (exact) mass is 171 g/mol. The van der Waals surface area contributed by atoms with Gasteiger partial charge in [0.15, 0.2) is 0 Å². The van der Waals surface area contributed by atoms with Gasteiger partial charge in [-0.1, -0.05) is 6.92 Å². The Morgan fingerprint density at radius 3 is 2.50 bits per heavy atom. The van der Waals surface area contributed by atoms with Crippen molar-refractivity contribution < 1.29 is 13.5 Å². The molecule has 0 aromatic rings. The molecule has 1 nitrogen and oxygen atoms in total. The predicted molar refractivity (Wildman–Crippen MR) is 36.2 cm³/mol. The summed E-state index contributed by atoms with van der Waals surface area (Å²) < 4.78 is 28.7. The molecule has 0 heterocycles. The molecule has 0 amide bonds. The molecule has 0 spiro atoms. The lowest BCUT2D eigenvalue weighted by Crippen LogP contribution is -2.30. The molecule has 0 aromatic carbocycles. The molecule has 0 N–H and O–H groups in total. The molecule has 10 heavy (non-hydrogen) atoms. The molecular formula is C6H10ClF2O. The molecule has 4 heteroatoms. The molecule has 61 valence electrons. The number of ether oxygens (including phenoxy) is 1. The Hall–Kier alpha value is 0.110. The van der Waals surface area contributed by atoms with Crippen molar-refractivity contribution in [2.24, 2.45) is 0 Å². The van der Waals surface area contributed by atoms with Crippen LogP contribution in [0.5, 0.6) is 0 Å². The average Bonchev–Trinajstić information content (AvgIpc) is 1.84. The van der Waals surface area contributed by atoms with Gasteiger partial charge in [0.05, 0.1) is 6.61 Å². The van der Waals surface area contributed by atoms with Gasteiger partial charge in [0.2, 0.25) is 0 Å². The smallest absolute Gasteiger partial charge is 0.319 e. The van der Waals surface area contributed by atoms with E-state index in [1.54, 1.807) is 6.92 Å². The third-order valence-corrected chi connectivity index (χ3v) is 1.12. The second-order valence-corrected chi connectivity index (χ2v) is 2.40. The molecule has 0 aliphatic rings. The standard InChI is InChI=1S/C6H10ClF2O/c1-3-4-10-6(8,9)5(2)7/h5H,2-4H2,1H3. The molecule has 0 rings (SSSR count). The van der Waals surface area contributed by atoms with Crippen molar-refractivity contribution >= 4 is 11.6 Å². The molecule has 1 radical (unpaired) electrons. The van der Waals surface area contributed by atoms with Crippen LogP contribution in [0.3, 0.4) is 0 Å². The summed E-state index contributed by atoms with van der Waals surface area (Å²) >= 11 is 5.02. The van der Waals surface area contributed by atoms with Gasteiger partial charge in [-0.15, -0.1) is 11.6 Å². The molecule has 0 fully saturated rings. The van der Waals surface area contributed by atoms with E-state index in [4.69, 9.17) is 11.6 Å². The summed E-state index contributed by atoms with van der Waals surface area (Å²) in [5.74, 6) is 0. The Morgan fingerprint density at radius 1 is 1.70 bits per heavy atom. The lowest BCUT2D eigenvalue weighted by Gasteiger charge is -2.17. The summed E-state index contributed by atoms with van der Waals surface area (Å²) in [6.45, 7) is 4.70. The Balaban J connectivity index is 3.63. The van der Waals surface area contributed by atoms with E-state index in [-0.39, 0.29) is 6.61 Å². The first-order valence-corrected chi connectivity index (χ1v) is 3.43. The molecule has 0 aliphatic heterocycles. The first kappa shape index (κ1) is 10.1. The Morgan fingerprint density at radius 2 is 2.20 bits per heavy atom. The molecule has 1 atom stereocenters. The van der Waals surface area contributed by atoms with Crippen LogP contribution in [-0.2, 0) is 4.74 Å². The SMILES string of the molecule is [CH2]C(Cl)C(F)(F)OCCC. The third kappa shape index (κ3) is 3.32. The molecule has 0 aromatic heterocycles. The predicted octanol–water partition coefficient (Wildman–Crippen LogP) is 2.45. The number of hydrogen-bond donors (Lipinski definition) is 0. The van der Waals surface area contributed by atoms with Crippen LogP contribution in [0.4, 0.5) is 8.78 Å². The van der Waals surface area contributed by atoms with E-state index >= 15 is 0 Å². The van der Waals surface area contributed by atoms with Gasteiger partial charge >= 0.3 is 6.11 Å². The van der Waals surface area contributed by atoms with E-state index in [0.717, 1.165) is 0 Å². The van der Waals surface area contributed by atoms with E-state index in [0.29, 0.717) is 6.42 Å². The van der Waals surface area contributed by atoms with E-state index in [1.807, 2.05) is 0 Å². The topological polar surface area (TPSA) is 9.23 Å². The van der Waals surface area contributed by atoms with Crippen LogP contribution in [0.15, 0.2) is 0 Å². The van der Waals surface area contributed by atoms with Crippen molar-refractivity contribution in [1.29, 1.82) is 0 Å². The third-order valence-electron chi connectivity index (χ3n) is 0.863. The van der Waals surface area contributed by atoms with Gasteiger partial charge in [0.25, 0.3) is 0 Å². The zero-order valence-electron chi connectivity index (χ0n) is 5.74. The van der Waals surface area contributed by atoms with E-state index < -0.39 is 11.5 Å². The molecule has 0 bridgehead atoms. The maximum Gasteiger partial charge on any atom is 0.372 e. The minimum absolute atomic E-state index is 0.00569. The summed E-state index contributed by atoms with van der Waals surface area (Å²) in [5, 5.41) is -1.51. The second-order valence-electron chi connectivity index (χ2n) is 1.88. The van der Waals surface area contributed by atoms with Crippen LogP contribution in [0.1, 0.15) is 13.3 Å². The van der Waals surface area contributed by atoms with Gasteiger partial charge in [-0.25, -0.2) is 0 Å². The fourth-order valence-electron chi connectivity index (χ4n) is 0.329. The molecular weight excluding hydrogens is 162 g/mol. The van der Waals surface area contributed by atoms with E-state index in [1.165, 1.54) is 0 Å². The number of rotatable bonds is 4. The zero-order chi connectivity index (χ0) is 8.20. The fraction of sp³-hybridized carbons (Fsp3) is 0.833. The van der Waals surface area contributed by atoms with Crippen LogP contribution >= 0.6 is 11.6 Å². The highest BCUT2D eigenvalue weighted by Gasteiger charge is 2.35. The minimum Gasteiger partial charge on any atom is -0.319 e. The second kappa shape index (κ2) is 4.09. The fourth-order valence-corrected chi connectivity index (χ4v) is 0.392. The van der Waals surface area contributed by atoms with Crippen molar-refractivity contribution in [3.63, 3.8) is 0 Å². The molecule has 1 unspecified atom stereocenters. The lowest BCUT2D eigenvalue weighted by molar-refractivity contribution is -0.232. The van der Waals surface area contributed by atoms with E-state index in [2.05, 4.69) is 11.7 Å². The summed E-state index contributed by atoms with van der Waals surface area (Å²) in [7, 11) is 0. The van der Waals surface area contributed by atoms with Crippen LogP contribution in [0.25, 0.3) is 0 Å². The Kier molecular flexibility index (Phi) is 4.13. The van der Waals surface area contributed by atoms with Gasteiger partial charge in [-0.2, -0.15) is 8.78 Å². The number of hydrogen-bond acceptors (Lipinski definition) is 1. The van der Waals surface area contributed by atoms with Crippen molar-refractivity contribution in [2.75, 3.05) is 6.61 Å². The summed E-state index contributed by atoms with van der Waals surface area (Å²) in [5.41, 5.74) is 0. The zero-order valence-corrected chi connectivity index (χ0v) is 6.50. The minimum atomic E-state index is -3.29. The summed E-state index contributed by atoms with van der Waals surface area (Å²) in [4.78, 5) is 0. The van der Waals surface area contributed by atoms with Gasteiger partial charge in [-0.3, -0.25) is 0 Å². The average molecular weight is 172 g/mol. The maximum absolute atomic E-state index is 12.3. The molecule has 0 aliphatic carbocycles. The van der Waals surface area contributed by atoms with Crippen LogP contribution in [-0.4, -0.2) is 18.1 Å². The maximum atomic E-state index is 12.3. The van der Waals surface area contributed by atoms with Crippen molar-refractivity contribution in [3.05, 3.63) is 6.92 Å². The van der Waals surface area contributed by atoms with Crippen LogP contribution < -0.4 is 0 Å². The van der Waals surface area contributed by atoms with Crippen molar-refractivity contribution in [2.45, 2.75) is 24.8 Å². The first-order chi connectivity index (χ1) is 4.50. The lowest BCUT2D eigenvalue weighted by atomic mass is 10.4. The Labute approximate surface area is 64.3 Å². The van der Waals surface area contributed by atoms with Gasteiger partial charge in [0, 0.05) is 0 Å². The van der Waals surface area contributed by atoms with Gasteiger partial charge in [-0.05, 0) is 13.3 Å². The normalized spacial score (nSPS) is 15.3. The Bertz CT molecular complexity index is 95.7. The summed E-state index contributed by atoms with van der Waals surface area (Å²) in [6, 6.07) is 0. The highest BCUT2D eigenvalue weighted by Crippen LogP contribution is 2.23. The summed E-state index contributed by atoms with van der Waals surface area (Å²) in [6.07, 6.45) is -2.75. The van der Waals surface area contributed by atoms with Crippen LogP contribution in [0.2, 0.25) is 0 Å². The molecule has 0 saturated heterocycles. The molecule has 0 saturated carbocycles. The first-order valence-electron chi connectivity index (χ1n) is 2.99. The van der Waals surface area contributed by atoms with Crippen LogP contribution in [0, 0.1) is 6.92 Å². The van der Waals surface area contributed by atoms with E-state index in [9.17, 15) is 8.78 Å². The quantitative estimate of drug-likeness (QED) is 0.591. The largest absolute Gasteiger partial charge is 0.372 e. The highest BCUT2D eigenvalue weighted by atomic mass is 35.5.